The molecule has 1 aromatic rings. The number of benzene rings is 1. The van der Waals surface area contributed by atoms with Crippen LogP contribution < -0.4 is 5.32 Å². The quantitative estimate of drug-likeness (QED) is 0.765. The zero-order valence-corrected chi connectivity index (χ0v) is 17.4. The van der Waals surface area contributed by atoms with Crippen molar-refractivity contribution in [1.29, 1.82) is 0 Å². The molecule has 29 heavy (non-hydrogen) atoms. The van der Waals surface area contributed by atoms with Gasteiger partial charge in [-0.3, -0.25) is 14.5 Å². The minimum atomic E-state index is -0.524. The zero-order valence-electron chi connectivity index (χ0n) is 17.4. The summed E-state index contributed by atoms with van der Waals surface area (Å²) >= 11 is 0. The summed E-state index contributed by atoms with van der Waals surface area (Å²) in [4.78, 5) is 28.9. The smallest absolute Gasteiger partial charge is 0.311 e. The van der Waals surface area contributed by atoms with Crippen molar-refractivity contribution >= 4 is 11.8 Å². The predicted octanol–water partition coefficient (Wildman–Crippen LogP) is 1.62. The SMILES string of the molecule is CNC(=O)C(=O)N(CC1CCN(C2Cc3ccccc3C2)CC1)C[C@@H]1CCCO1. The van der Waals surface area contributed by atoms with Gasteiger partial charge in [0.2, 0.25) is 0 Å². The molecule has 158 valence electrons. The Morgan fingerprint density at radius 3 is 2.38 bits per heavy atom. The Kier molecular flexibility index (Phi) is 6.50. The Morgan fingerprint density at radius 2 is 1.79 bits per heavy atom. The van der Waals surface area contributed by atoms with Crippen molar-refractivity contribution in [3.8, 4) is 0 Å². The Balaban J connectivity index is 1.30. The molecule has 0 unspecified atom stereocenters. The number of likely N-dealkylation sites (N-methyl/N-ethyl adjacent to an activating group) is 1. The summed E-state index contributed by atoms with van der Waals surface area (Å²) in [6.07, 6.45) is 6.54. The third-order valence-corrected chi connectivity index (χ3v) is 6.83. The normalized spacial score (nSPS) is 23.1. The average Bonchev–Trinajstić information content (AvgIpc) is 3.42. The number of rotatable bonds is 5. The van der Waals surface area contributed by atoms with Crippen LogP contribution in [0.1, 0.15) is 36.8 Å². The minimum Gasteiger partial charge on any atom is -0.376 e. The first kappa shape index (κ1) is 20.4. The number of piperidine rings is 1. The third-order valence-electron chi connectivity index (χ3n) is 6.83. The van der Waals surface area contributed by atoms with E-state index in [9.17, 15) is 9.59 Å². The third kappa shape index (κ3) is 4.81. The van der Waals surface area contributed by atoms with Gasteiger partial charge >= 0.3 is 11.8 Å². The summed E-state index contributed by atoms with van der Waals surface area (Å²) in [5, 5.41) is 2.48. The van der Waals surface area contributed by atoms with Gasteiger partial charge < -0.3 is 15.0 Å². The highest BCUT2D eigenvalue weighted by molar-refractivity contribution is 6.34. The Bertz CT molecular complexity index is 699. The fourth-order valence-corrected chi connectivity index (χ4v) is 5.13. The maximum absolute atomic E-state index is 12.6. The lowest BCUT2D eigenvalue weighted by Gasteiger charge is -2.38. The maximum Gasteiger partial charge on any atom is 0.311 e. The molecule has 2 amide bonds. The molecule has 1 atom stereocenters. The van der Waals surface area contributed by atoms with E-state index in [1.807, 2.05) is 0 Å². The van der Waals surface area contributed by atoms with Crippen LogP contribution in [0.15, 0.2) is 24.3 Å². The van der Waals surface area contributed by atoms with Gasteiger partial charge in [0.05, 0.1) is 6.10 Å². The van der Waals surface area contributed by atoms with Gasteiger partial charge in [-0.1, -0.05) is 24.3 Å². The standard InChI is InChI=1S/C23H33N3O3/c1-24-22(27)23(28)26(16-21-7-4-12-29-21)15-17-8-10-25(11-9-17)20-13-18-5-2-3-6-19(18)14-20/h2-3,5-6,17,20-21H,4,7-16H2,1H3,(H,24,27)/t21-/m0/s1. The number of hydrogen-bond acceptors (Lipinski definition) is 4. The first-order valence-corrected chi connectivity index (χ1v) is 11.1. The van der Waals surface area contributed by atoms with Gasteiger partial charge in [0.1, 0.15) is 0 Å². The van der Waals surface area contributed by atoms with E-state index in [0.29, 0.717) is 25.0 Å². The van der Waals surface area contributed by atoms with Gasteiger partial charge in [-0.05, 0) is 68.7 Å². The van der Waals surface area contributed by atoms with Crippen LogP contribution in [0.4, 0.5) is 0 Å². The van der Waals surface area contributed by atoms with E-state index in [1.165, 1.54) is 18.2 Å². The van der Waals surface area contributed by atoms with Gasteiger partial charge in [0, 0.05) is 32.8 Å². The Hall–Kier alpha value is -1.92. The van der Waals surface area contributed by atoms with Crippen molar-refractivity contribution in [3.05, 3.63) is 35.4 Å². The molecule has 6 heteroatoms. The Morgan fingerprint density at radius 1 is 1.10 bits per heavy atom. The van der Waals surface area contributed by atoms with Gasteiger partial charge in [0.15, 0.2) is 0 Å². The van der Waals surface area contributed by atoms with Crippen LogP contribution in [0.25, 0.3) is 0 Å². The van der Waals surface area contributed by atoms with Crippen LogP contribution in [-0.4, -0.2) is 73.6 Å². The van der Waals surface area contributed by atoms with Gasteiger partial charge in [-0.25, -0.2) is 0 Å². The summed E-state index contributed by atoms with van der Waals surface area (Å²) in [5.74, 6) is -0.495. The molecule has 4 rings (SSSR count). The van der Waals surface area contributed by atoms with E-state index in [0.717, 1.165) is 58.2 Å². The number of fused-ring (bicyclic) bond motifs is 1. The summed E-state index contributed by atoms with van der Waals surface area (Å²) in [7, 11) is 1.52. The molecule has 0 bridgehead atoms. The molecular formula is C23H33N3O3. The Labute approximate surface area is 173 Å². The van der Waals surface area contributed by atoms with E-state index in [2.05, 4.69) is 34.5 Å². The number of carbonyl (C=O) groups is 2. The van der Waals surface area contributed by atoms with Crippen LogP contribution in [0.2, 0.25) is 0 Å². The molecule has 0 aromatic heterocycles. The lowest BCUT2D eigenvalue weighted by atomic mass is 9.94. The van der Waals surface area contributed by atoms with Crippen molar-refractivity contribution in [2.24, 2.45) is 5.92 Å². The van der Waals surface area contributed by atoms with Crippen LogP contribution in [-0.2, 0) is 27.2 Å². The lowest BCUT2D eigenvalue weighted by Crippen LogP contribution is -2.49. The predicted molar refractivity (Wildman–Crippen MR) is 112 cm³/mol. The fraction of sp³-hybridized carbons (Fsp3) is 0.652. The van der Waals surface area contributed by atoms with Crippen LogP contribution >= 0.6 is 0 Å². The van der Waals surface area contributed by atoms with E-state index in [4.69, 9.17) is 4.74 Å². The zero-order chi connectivity index (χ0) is 20.2. The summed E-state index contributed by atoms with van der Waals surface area (Å²) < 4.78 is 5.72. The second-order valence-corrected chi connectivity index (χ2v) is 8.73. The summed E-state index contributed by atoms with van der Waals surface area (Å²) in [6.45, 7) is 4.10. The number of nitrogens with one attached hydrogen (secondary N) is 1. The minimum absolute atomic E-state index is 0.0701. The number of likely N-dealkylation sites (tertiary alicyclic amines) is 1. The summed E-state index contributed by atoms with van der Waals surface area (Å²) in [5.41, 5.74) is 3.00. The van der Waals surface area contributed by atoms with Crippen LogP contribution in [0.3, 0.4) is 0 Å². The molecule has 3 aliphatic rings. The van der Waals surface area contributed by atoms with E-state index < -0.39 is 11.8 Å². The second-order valence-electron chi connectivity index (χ2n) is 8.73. The number of amides is 2. The molecule has 2 saturated heterocycles. The molecule has 2 aliphatic heterocycles. The molecule has 1 aromatic carbocycles. The van der Waals surface area contributed by atoms with Crippen molar-refractivity contribution in [2.45, 2.75) is 50.7 Å². The molecule has 2 fully saturated rings. The average molecular weight is 400 g/mol. The molecule has 0 saturated carbocycles. The molecule has 6 nitrogen and oxygen atoms in total. The highest BCUT2D eigenvalue weighted by atomic mass is 16.5. The van der Waals surface area contributed by atoms with Gasteiger partial charge in [0.25, 0.3) is 0 Å². The molecule has 0 spiro atoms. The van der Waals surface area contributed by atoms with Crippen LogP contribution in [0.5, 0.6) is 0 Å². The monoisotopic (exact) mass is 399 g/mol. The fourth-order valence-electron chi connectivity index (χ4n) is 5.13. The largest absolute Gasteiger partial charge is 0.376 e. The summed E-state index contributed by atoms with van der Waals surface area (Å²) in [6, 6.07) is 9.41. The molecule has 0 radical (unpaired) electrons. The van der Waals surface area contributed by atoms with Gasteiger partial charge in [-0.15, -0.1) is 0 Å². The number of hydrogen-bond donors (Lipinski definition) is 1. The van der Waals surface area contributed by atoms with E-state index in [1.54, 1.807) is 4.90 Å². The second kappa shape index (κ2) is 9.26. The highest BCUT2D eigenvalue weighted by Crippen LogP contribution is 2.29. The molecular weight excluding hydrogens is 366 g/mol. The number of nitrogens with zero attached hydrogens (tertiary/aromatic N) is 2. The van der Waals surface area contributed by atoms with Crippen molar-refractivity contribution in [3.63, 3.8) is 0 Å². The maximum atomic E-state index is 12.6. The van der Waals surface area contributed by atoms with Crippen molar-refractivity contribution in [1.82, 2.24) is 15.1 Å². The van der Waals surface area contributed by atoms with Crippen molar-refractivity contribution in [2.75, 3.05) is 39.8 Å². The van der Waals surface area contributed by atoms with Crippen molar-refractivity contribution < 1.29 is 14.3 Å². The van der Waals surface area contributed by atoms with Gasteiger partial charge in [-0.2, -0.15) is 0 Å². The lowest BCUT2D eigenvalue weighted by molar-refractivity contribution is -0.147. The first-order valence-electron chi connectivity index (χ1n) is 11.1. The van der Waals surface area contributed by atoms with E-state index >= 15 is 0 Å². The highest BCUT2D eigenvalue weighted by Gasteiger charge is 2.32. The van der Waals surface area contributed by atoms with Crippen LogP contribution in [0, 0.1) is 5.92 Å². The first-order chi connectivity index (χ1) is 14.1. The van der Waals surface area contributed by atoms with E-state index in [-0.39, 0.29) is 6.10 Å². The molecule has 2 heterocycles. The molecule has 1 N–H and O–H groups in total. The number of carbonyl (C=O) groups excluding carboxylic acids is 2. The number of ether oxygens (including phenoxy) is 1. The topological polar surface area (TPSA) is 61.9 Å². The molecule has 1 aliphatic carbocycles.